The molecule has 0 atom stereocenters. The van der Waals surface area contributed by atoms with Crippen LogP contribution in [0.4, 0.5) is 5.69 Å². The Labute approximate surface area is 204 Å². The van der Waals surface area contributed by atoms with Gasteiger partial charge in [-0.15, -0.1) is 0 Å². The molecule has 0 radical (unpaired) electrons. The molecular formula is C25H20ClIN2O3. The molecule has 0 bridgehead atoms. The third-order valence-electron chi connectivity index (χ3n) is 5.28. The molecule has 5 nitrogen and oxygen atoms in total. The molecule has 7 heteroatoms. The number of halogens is 2. The monoisotopic (exact) mass is 558 g/mol. The summed E-state index contributed by atoms with van der Waals surface area (Å²) in [5.41, 5.74) is 3.47. The number of methoxy groups -OCH3 is 1. The van der Waals surface area contributed by atoms with E-state index in [0.717, 1.165) is 25.7 Å². The number of hydrogen-bond acceptors (Lipinski definition) is 3. The van der Waals surface area contributed by atoms with Gasteiger partial charge >= 0.3 is 0 Å². The quantitative estimate of drug-likeness (QED) is 0.302. The number of carbonyl (C=O) groups excluding carboxylic acids is 2. The van der Waals surface area contributed by atoms with Crippen molar-refractivity contribution in [2.24, 2.45) is 0 Å². The summed E-state index contributed by atoms with van der Waals surface area (Å²) in [4.78, 5) is 26.2. The van der Waals surface area contributed by atoms with E-state index in [2.05, 4.69) is 27.9 Å². The van der Waals surface area contributed by atoms with Crippen LogP contribution in [0.2, 0.25) is 5.02 Å². The number of fused-ring (bicyclic) bond motifs is 1. The molecule has 4 rings (SSSR count). The van der Waals surface area contributed by atoms with Crippen LogP contribution in [-0.4, -0.2) is 23.5 Å². The highest BCUT2D eigenvalue weighted by Crippen LogP contribution is 2.31. The van der Waals surface area contributed by atoms with Gasteiger partial charge in [0.25, 0.3) is 5.91 Å². The molecule has 0 fully saturated rings. The van der Waals surface area contributed by atoms with Gasteiger partial charge in [-0.25, -0.2) is 0 Å². The molecule has 0 aliphatic carbocycles. The van der Waals surface area contributed by atoms with E-state index in [-0.39, 0.29) is 18.2 Å². The van der Waals surface area contributed by atoms with Crippen LogP contribution in [0, 0.1) is 10.5 Å². The first-order chi connectivity index (χ1) is 15.4. The summed E-state index contributed by atoms with van der Waals surface area (Å²) in [7, 11) is 1.59. The van der Waals surface area contributed by atoms with Crippen LogP contribution >= 0.6 is 34.2 Å². The lowest BCUT2D eigenvalue weighted by Gasteiger charge is -2.08. The van der Waals surface area contributed by atoms with Gasteiger partial charge in [-0.3, -0.25) is 14.2 Å². The van der Waals surface area contributed by atoms with Gasteiger partial charge in [0, 0.05) is 30.9 Å². The van der Waals surface area contributed by atoms with Crippen LogP contribution in [0.1, 0.15) is 21.6 Å². The molecule has 0 unspecified atom stereocenters. The van der Waals surface area contributed by atoms with Crippen LogP contribution in [0.25, 0.3) is 10.9 Å². The number of ether oxygens (including phenoxy) is 1. The predicted octanol–water partition coefficient (Wildman–Crippen LogP) is 6.09. The molecular weight excluding hydrogens is 539 g/mol. The minimum absolute atomic E-state index is 0.127. The second-order valence-corrected chi connectivity index (χ2v) is 9.01. The molecule has 0 saturated heterocycles. The van der Waals surface area contributed by atoms with E-state index in [1.807, 2.05) is 49.4 Å². The van der Waals surface area contributed by atoms with Gasteiger partial charge in [0.1, 0.15) is 5.75 Å². The van der Waals surface area contributed by atoms with Crippen LogP contribution < -0.4 is 10.1 Å². The number of nitrogens with one attached hydrogen (secondary N) is 1. The first-order valence-corrected chi connectivity index (χ1v) is 11.4. The van der Waals surface area contributed by atoms with E-state index >= 15 is 0 Å². The van der Waals surface area contributed by atoms with Gasteiger partial charge in [-0.1, -0.05) is 17.7 Å². The molecule has 1 N–H and O–H groups in total. The molecule has 0 saturated carbocycles. The third-order valence-corrected chi connectivity index (χ3v) is 6.20. The molecule has 0 aliphatic heterocycles. The fourth-order valence-electron chi connectivity index (χ4n) is 3.73. The van der Waals surface area contributed by atoms with Crippen LogP contribution in [0.15, 0.2) is 66.7 Å². The smallest absolute Gasteiger partial charge is 0.262 e. The van der Waals surface area contributed by atoms with E-state index in [4.69, 9.17) is 16.3 Å². The zero-order valence-corrected chi connectivity index (χ0v) is 20.4. The average molecular weight is 559 g/mol. The Morgan fingerprint density at radius 3 is 2.50 bits per heavy atom. The van der Waals surface area contributed by atoms with Crippen LogP contribution in [0.5, 0.6) is 5.75 Å². The predicted molar refractivity (Wildman–Crippen MR) is 136 cm³/mol. The summed E-state index contributed by atoms with van der Waals surface area (Å²) < 4.78 is 8.07. The lowest BCUT2D eigenvalue weighted by atomic mass is 10.1. The summed E-state index contributed by atoms with van der Waals surface area (Å²) in [6.07, 6.45) is 0.127. The second kappa shape index (κ2) is 9.34. The highest BCUT2D eigenvalue weighted by atomic mass is 127. The van der Waals surface area contributed by atoms with Crippen molar-refractivity contribution in [2.75, 3.05) is 12.4 Å². The minimum Gasteiger partial charge on any atom is -0.497 e. The Bertz CT molecular complexity index is 1330. The molecule has 4 aromatic rings. The molecule has 1 amide bonds. The van der Waals surface area contributed by atoms with E-state index in [1.165, 1.54) is 0 Å². The second-order valence-electron chi connectivity index (χ2n) is 7.33. The number of rotatable bonds is 5. The first-order valence-electron chi connectivity index (χ1n) is 9.91. The van der Waals surface area contributed by atoms with E-state index in [9.17, 15) is 9.59 Å². The van der Waals surface area contributed by atoms with Gasteiger partial charge in [-0.2, -0.15) is 0 Å². The number of nitrogens with zero attached hydrogens (tertiary/aromatic N) is 1. The number of amides is 1. The Balaban J connectivity index is 1.76. The normalized spacial score (nSPS) is 10.9. The zero-order chi connectivity index (χ0) is 22.8. The SMILES string of the molecule is COc1ccc2c(c1)c(CC(=O)Nc1cccc(I)c1)c(C)n2C(=O)c1ccc(Cl)cc1. The molecule has 1 heterocycles. The lowest BCUT2D eigenvalue weighted by Crippen LogP contribution is -2.16. The summed E-state index contributed by atoms with van der Waals surface area (Å²) in [6, 6.07) is 19.9. The molecule has 162 valence electrons. The Morgan fingerprint density at radius 2 is 1.81 bits per heavy atom. The number of hydrogen-bond donors (Lipinski definition) is 1. The zero-order valence-electron chi connectivity index (χ0n) is 17.5. The number of anilines is 1. The van der Waals surface area contributed by atoms with Crippen molar-refractivity contribution in [2.45, 2.75) is 13.3 Å². The largest absolute Gasteiger partial charge is 0.497 e. The molecule has 32 heavy (non-hydrogen) atoms. The standard InChI is InChI=1S/C25H20ClIN2O3/c1-15-21(14-24(30)28-19-5-3-4-18(27)12-19)22-13-20(32-2)10-11-23(22)29(15)25(31)16-6-8-17(26)9-7-16/h3-13H,14H2,1-2H3,(H,28,30). The van der Waals surface area contributed by atoms with Crippen LogP contribution in [-0.2, 0) is 11.2 Å². The van der Waals surface area contributed by atoms with Crippen molar-refractivity contribution >= 4 is 62.6 Å². The molecule has 1 aromatic heterocycles. The fraction of sp³-hybridized carbons (Fsp3) is 0.120. The van der Waals surface area contributed by atoms with Gasteiger partial charge in [0.05, 0.1) is 19.0 Å². The molecule has 0 aliphatic rings. The van der Waals surface area contributed by atoms with Crippen molar-refractivity contribution in [3.05, 3.63) is 92.1 Å². The van der Waals surface area contributed by atoms with Gasteiger partial charge in [-0.05, 0) is 95.7 Å². The van der Waals surface area contributed by atoms with Crippen molar-refractivity contribution in [3.8, 4) is 5.75 Å². The number of aromatic nitrogens is 1. The summed E-state index contributed by atoms with van der Waals surface area (Å²) in [5.74, 6) is 0.322. The summed E-state index contributed by atoms with van der Waals surface area (Å²) >= 11 is 8.19. The maximum absolute atomic E-state index is 13.4. The van der Waals surface area contributed by atoms with E-state index in [0.29, 0.717) is 22.0 Å². The Kier molecular flexibility index (Phi) is 6.53. The first kappa shape index (κ1) is 22.4. The van der Waals surface area contributed by atoms with Crippen molar-refractivity contribution in [1.82, 2.24) is 4.57 Å². The number of benzene rings is 3. The van der Waals surface area contributed by atoms with Gasteiger partial charge in [0.2, 0.25) is 5.91 Å². The number of carbonyl (C=O) groups is 2. The maximum Gasteiger partial charge on any atom is 0.262 e. The van der Waals surface area contributed by atoms with Crippen LogP contribution in [0.3, 0.4) is 0 Å². The third kappa shape index (κ3) is 4.52. The topological polar surface area (TPSA) is 60.3 Å². The highest BCUT2D eigenvalue weighted by molar-refractivity contribution is 14.1. The Morgan fingerprint density at radius 1 is 1.06 bits per heavy atom. The summed E-state index contributed by atoms with van der Waals surface area (Å²) in [5, 5.41) is 4.31. The summed E-state index contributed by atoms with van der Waals surface area (Å²) in [6.45, 7) is 1.86. The average Bonchev–Trinajstić information content (AvgIpc) is 3.04. The van der Waals surface area contributed by atoms with Gasteiger partial charge < -0.3 is 10.1 Å². The highest BCUT2D eigenvalue weighted by Gasteiger charge is 2.22. The molecule has 0 spiro atoms. The van der Waals surface area contributed by atoms with Crippen molar-refractivity contribution < 1.29 is 14.3 Å². The maximum atomic E-state index is 13.4. The van der Waals surface area contributed by atoms with E-state index in [1.54, 1.807) is 35.9 Å². The Hall–Kier alpha value is -2.84. The van der Waals surface area contributed by atoms with Crippen molar-refractivity contribution in [1.29, 1.82) is 0 Å². The lowest BCUT2D eigenvalue weighted by molar-refractivity contribution is -0.115. The van der Waals surface area contributed by atoms with Gasteiger partial charge in [0.15, 0.2) is 0 Å². The fourth-order valence-corrected chi connectivity index (χ4v) is 4.40. The van der Waals surface area contributed by atoms with Crippen molar-refractivity contribution in [3.63, 3.8) is 0 Å². The minimum atomic E-state index is -0.182. The van der Waals surface area contributed by atoms with E-state index < -0.39 is 0 Å². The molecule has 3 aromatic carbocycles.